The molecule has 1 aromatic carbocycles. The average molecular weight is 392 g/mol. The van der Waals surface area contributed by atoms with Gasteiger partial charge < -0.3 is 9.73 Å². The zero-order valence-electron chi connectivity index (χ0n) is 10.8. The van der Waals surface area contributed by atoms with Gasteiger partial charge in [0, 0.05) is 9.13 Å². The summed E-state index contributed by atoms with van der Waals surface area (Å²) in [5.41, 5.74) is 0.840. The molecule has 1 aromatic heterocycles. The van der Waals surface area contributed by atoms with Gasteiger partial charge >= 0.3 is 0 Å². The van der Waals surface area contributed by atoms with Gasteiger partial charge in [-0.1, -0.05) is 18.5 Å². The van der Waals surface area contributed by atoms with Crippen LogP contribution in [0.3, 0.4) is 0 Å². The first-order valence-corrected chi connectivity index (χ1v) is 7.59. The second-order valence-corrected chi connectivity index (χ2v) is 5.82. The van der Waals surface area contributed by atoms with E-state index in [1.807, 2.05) is 25.1 Å². The predicted molar refractivity (Wildman–Crippen MR) is 84.2 cm³/mol. The van der Waals surface area contributed by atoms with Gasteiger partial charge in [0.05, 0.1) is 11.1 Å². The Labute approximate surface area is 131 Å². The van der Waals surface area contributed by atoms with Crippen molar-refractivity contribution >= 4 is 34.2 Å². The number of nitrogens with one attached hydrogen (secondary N) is 1. The number of hydrogen-bond donors (Lipinski definition) is 1. The Morgan fingerprint density at radius 3 is 2.89 bits per heavy atom. The lowest BCUT2D eigenvalue weighted by molar-refractivity contribution is 0.423. The van der Waals surface area contributed by atoms with E-state index in [1.54, 1.807) is 0 Å². The second kappa shape index (κ2) is 6.67. The normalized spacial score (nSPS) is 12.6. The van der Waals surface area contributed by atoms with E-state index < -0.39 is 0 Å². The molecule has 0 saturated carbocycles. The van der Waals surface area contributed by atoms with E-state index in [0.29, 0.717) is 16.8 Å². The highest BCUT2D eigenvalue weighted by Crippen LogP contribution is 2.26. The van der Waals surface area contributed by atoms with E-state index in [1.165, 1.54) is 0 Å². The number of halogens is 2. The Kier molecular flexibility index (Phi) is 5.18. The lowest BCUT2D eigenvalue weighted by Gasteiger charge is -2.07. The molecule has 0 radical (unpaired) electrons. The summed E-state index contributed by atoms with van der Waals surface area (Å²) in [6.45, 7) is 5.05. The van der Waals surface area contributed by atoms with Crippen LogP contribution >= 0.6 is 34.2 Å². The van der Waals surface area contributed by atoms with Crippen LogP contribution in [0, 0.1) is 3.57 Å². The van der Waals surface area contributed by atoms with Crippen LogP contribution in [0.25, 0.3) is 11.5 Å². The highest BCUT2D eigenvalue weighted by atomic mass is 127. The molecule has 102 valence electrons. The van der Waals surface area contributed by atoms with Crippen molar-refractivity contribution in [1.82, 2.24) is 15.5 Å². The van der Waals surface area contributed by atoms with Gasteiger partial charge in [-0.3, -0.25) is 0 Å². The van der Waals surface area contributed by atoms with Gasteiger partial charge in [0.1, 0.15) is 0 Å². The topological polar surface area (TPSA) is 51.0 Å². The van der Waals surface area contributed by atoms with Crippen molar-refractivity contribution in [2.45, 2.75) is 26.3 Å². The molecule has 0 fully saturated rings. The van der Waals surface area contributed by atoms with Crippen LogP contribution in [0.4, 0.5) is 0 Å². The fraction of sp³-hybridized carbons (Fsp3) is 0.385. The van der Waals surface area contributed by atoms with Crippen molar-refractivity contribution in [1.29, 1.82) is 0 Å². The molecule has 2 rings (SSSR count). The molecule has 0 aliphatic carbocycles. The molecule has 0 aliphatic rings. The van der Waals surface area contributed by atoms with E-state index in [2.05, 4.69) is 45.0 Å². The molecule has 4 nitrogen and oxygen atoms in total. The number of aromatic nitrogens is 2. The van der Waals surface area contributed by atoms with Crippen LogP contribution in [-0.4, -0.2) is 16.7 Å². The Morgan fingerprint density at radius 2 is 2.21 bits per heavy atom. The number of rotatable bonds is 5. The average Bonchev–Trinajstić information content (AvgIpc) is 2.89. The van der Waals surface area contributed by atoms with E-state index >= 15 is 0 Å². The largest absolute Gasteiger partial charge is 0.419 e. The smallest absolute Gasteiger partial charge is 0.247 e. The Hall–Kier alpha value is -0.660. The zero-order valence-corrected chi connectivity index (χ0v) is 13.7. The van der Waals surface area contributed by atoms with Crippen LogP contribution in [0.2, 0.25) is 5.02 Å². The third-order valence-electron chi connectivity index (χ3n) is 2.68. The fourth-order valence-electron chi connectivity index (χ4n) is 1.60. The van der Waals surface area contributed by atoms with Gasteiger partial charge in [-0.2, -0.15) is 0 Å². The molecule has 0 aliphatic heterocycles. The third-order valence-corrected chi connectivity index (χ3v) is 4.25. The Balaban J connectivity index is 2.18. The standard InChI is InChI=1S/C13H15ClIN3O/c1-3-6-16-8(2)12-17-18-13(19-12)9-4-5-11(15)10(14)7-9/h4-5,7-8,16H,3,6H2,1-2H3. The van der Waals surface area contributed by atoms with Crippen LogP contribution in [0.1, 0.15) is 32.2 Å². The number of benzene rings is 1. The molecule has 0 saturated heterocycles. The summed E-state index contributed by atoms with van der Waals surface area (Å²) in [7, 11) is 0. The lowest BCUT2D eigenvalue weighted by Crippen LogP contribution is -2.19. The van der Waals surface area contributed by atoms with Gasteiger partial charge in [-0.25, -0.2) is 0 Å². The molecule has 0 amide bonds. The molecule has 6 heteroatoms. The van der Waals surface area contributed by atoms with Crippen LogP contribution in [0.5, 0.6) is 0 Å². The minimum absolute atomic E-state index is 0.0560. The first kappa shape index (κ1) is 14.7. The van der Waals surface area contributed by atoms with Gasteiger partial charge in [0.15, 0.2) is 0 Å². The maximum atomic E-state index is 6.09. The molecule has 0 spiro atoms. The summed E-state index contributed by atoms with van der Waals surface area (Å²) in [6, 6.07) is 5.75. The molecular formula is C13H15ClIN3O. The number of nitrogens with zero attached hydrogens (tertiary/aromatic N) is 2. The Morgan fingerprint density at radius 1 is 1.42 bits per heavy atom. The molecule has 1 atom stereocenters. The quantitative estimate of drug-likeness (QED) is 0.781. The minimum atomic E-state index is 0.0560. The first-order valence-electron chi connectivity index (χ1n) is 6.14. The highest BCUT2D eigenvalue weighted by Gasteiger charge is 2.14. The third kappa shape index (κ3) is 3.67. The lowest BCUT2D eigenvalue weighted by atomic mass is 10.2. The molecule has 0 bridgehead atoms. The molecule has 1 heterocycles. The highest BCUT2D eigenvalue weighted by molar-refractivity contribution is 14.1. The van der Waals surface area contributed by atoms with Gasteiger partial charge in [-0.05, 0) is 60.7 Å². The fourth-order valence-corrected chi connectivity index (χ4v) is 2.12. The zero-order chi connectivity index (χ0) is 13.8. The van der Waals surface area contributed by atoms with E-state index in [4.69, 9.17) is 16.0 Å². The predicted octanol–water partition coefficient (Wildman–Crippen LogP) is 4.06. The molecule has 19 heavy (non-hydrogen) atoms. The molecule has 2 aromatic rings. The SMILES string of the molecule is CCCNC(C)c1nnc(-c2ccc(I)c(Cl)c2)o1. The molecule has 1 unspecified atom stereocenters. The van der Waals surface area contributed by atoms with E-state index in [-0.39, 0.29) is 6.04 Å². The summed E-state index contributed by atoms with van der Waals surface area (Å²) in [4.78, 5) is 0. The van der Waals surface area contributed by atoms with Gasteiger partial charge in [0.25, 0.3) is 0 Å². The van der Waals surface area contributed by atoms with Crippen molar-refractivity contribution in [3.8, 4) is 11.5 Å². The maximum Gasteiger partial charge on any atom is 0.247 e. The second-order valence-electron chi connectivity index (χ2n) is 4.25. The van der Waals surface area contributed by atoms with Gasteiger partial charge in [0.2, 0.25) is 11.8 Å². The summed E-state index contributed by atoms with van der Waals surface area (Å²) in [6.07, 6.45) is 1.07. The van der Waals surface area contributed by atoms with Crippen molar-refractivity contribution in [2.24, 2.45) is 0 Å². The van der Waals surface area contributed by atoms with E-state index in [9.17, 15) is 0 Å². The van der Waals surface area contributed by atoms with Crippen molar-refractivity contribution in [2.75, 3.05) is 6.54 Å². The van der Waals surface area contributed by atoms with Crippen LogP contribution in [-0.2, 0) is 0 Å². The van der Waals surface area contributed by atoms with Crippen LogP contribution in [0.15, 0.2) is 22.6 Å². The monoisotopic (exact) mass is 391 g/mol. The Bertz CT molecular complexity index is 559. The summed E-state index contributed by atoms with van der Waals surface area (Å²) in [5.74, 6) is 1.09. The summed E-state index contributed by atoms with van der Waals surface area (Å²) >= 11 is 8.27. The first-order chi connectivity index (χ1) is 9.11. The van der Waals surface area contributed by atoms with Crippen molar-refractivity contribution in [3.05, 3.63) is 32.7 Å². The van der Waals surface area contributed by atoms with Gasteiger partial charge in [-0.15, -0.1) is 10.2 Å². The summed E-state index contributed by atoms with van der Waals surface area (Å²) in [5, 5.41) is 12.1. The molecular weight excluding hydrogens is 377 g/mol. The van der Waals surface area contributed by atoms with Crippen molar-refractivity contribution < 1.29 is 4.42 Å². The van der Waals surface area contributed by atoms with Crippen molar-refractivity contribution in [3.63, 3.8) is 0 Å². The molecule has 1 N–H and O–H groups in total. The van der Waals surface area contributed by atoms with Crippen LogP contribution < -0.4 is 5.32 Å². The summed E-state index contributed by atoms with van der Waals surface area (Å²) < 4.78 is 6.68. The maximum absolute atomic E-state index is 6.09. The van der Waals surface area contributed by atoms with E-state index in [0.717, 1.165) is 22.1 Å². The number of hydrogen-bond acceptors (Lipinski definition) is 4. The minimum Gasteiger partial charge on any atom is -0.419 e.